The Morgan fingerprint density at radius 2 is 1.63 bits per heavy atom. The van der Waals surface area contributed by atoms with E-state index in [9.17, 15) is 5.11 Å². The maximum absolute atomic E-state index is 11.4. The Hall–Kier alpha value is -0.940. The molecule has 0 spiro atoms. The lowest BCUT2D eigenvalue weighted by Gasteiger charge is -2.47. The molecule has 3 saturated heterocycles. The lowest BCUT2D eigenvalue weighted by Crippen LogP contribution is -2.54. The van der Waals surface area contributed by atoms with Crippen LogP contribution in [0.4, 0.5) is 0 Å². The first-order valence-electron chi connectivity index (χ1n) is 10.7. The molecule has 2 atom stereocenters. The molecule has 0 aromatic heterocycles. The van der Waals surface area contributed by atoms with Crippen molar-refractivity contribution < 1.29 is 9.84 Å². The summed E-state index contributed by atoms with van der Waals surface area (Å²) in [4.78, 5) is 5.28. The van der Waals surface area contributed by atoms with Gasteiger partial charge in [0.2, 0.25) is 0 Å². The molecule has 3 aliphatic heterocycles. The van der Waals surface area contributed by atoms with E-state index in [4.69, 9.17) is 4.74 Å². The molecule has 4 rings (SSSR count). The molecule has 2 bridgehead atoms. The molecule has 0 saturated carbocycles. The molecule has 150 valence electrons. The van der Waals surface area contributed by atoms with Gasteiger partial charge in [0.15, 0.2) is 0 Å². The molecule has 3 heterocycles. The summed E-state index contributed by atoms with van der Waals surface area (Å²) in [5, 5.41) is 11.4. The first-order chi connectivity index (χ1) is 12.8. The molecule has 4 heteroatoms. The third-order valence-electron chi connectivity index (χ3n) is 6.87. The maximum Gasteiger partial charge on any atom is 0.0926 e. The molecule has 0 aliphatic carbocycles. The summed E-state index contributed by atoms with van der Waals surface area (Å²) in [6, 6.07) is 9.55. The second kappa shape index (κ2) is 7.47. The van der Waals surface area contributed by atoms with Crippen LogP contribution in [0.3, 0.4) is 0 Å². The average Bonchev–Trinajstić information content (AvgIpc) is 2.86. The fraction of sp³-hybridized carbons (Fsp3) is 0.739. The van der Waals surface area contributed by atoms with Gasteiger partial charge in [-0.25, -0.2) is 0 Å². The highest BCUT2D eigenvalue weighted by Gasteiger charge is 2.49. The van der Waals surface area contributed by atoms with E-state index in [1.807, 2.05) is 0 Å². The van der Waals surface area contributed by atoms with E-state index in [1.165, 1.54) is 18.4 Å². The number of aliphatic hydroxyl groups is 1. The largest absolute Gasteiger partial charge is 0.385 e. The number of ether oxygens (including phenoxy) is 1. The summed E-state index contributed by atoms with van der Waals surface area (Å²) in [5.74, 6) is 0. The van der Waals surface area contributed by atoms with Crippen LogP contribution in [-0.2, 0) is 10.3 Å². The minimum atomic E-state index is -0.648. The van der Waals surface area contributed by atoms with Gasteiger partial charge < -0.3 is 9.84 Å². The van der Waals surface area contributed by atoms with Gasteiger partial charge in [0.1, 0.15) is 0 Å². The smallest absolute Gasteiger partial charge is 0.0926 e. The van der Waals surface area contributed by atoms with E-state index in [2.05, 4.69) is 54.8 Å². The van der Waals surface area contributed by atoms with Crippen molar-refractivity contribution in [2.45, 2.75) is 64.1 Å². The number of nitrogens with zero attached hydrogens (tertiary/aromatic N) is 2. The molecule has 0 radical (unpaired) electrons. The van der Waals surface area contributed by atoms with Crippen LogP contribution in [0.25, 0.3) is 0 Å². The SMILES string of the molecule is Cc1ccc(C2(O)CC3CCC(C2)N3CC(C)(C)CN2CCOCC2)cc1. The third kappa shape index (κ3) is 4.24. The van der Waals surface area contributed by atoms with E-state index in [0.717, 1.165) is 57.8 Å². The van der Waals surface area contributed by atoms with Crippen molar-refractivity contribution in [3.63, 3.8) is 0 Å². The Balaban J connectivity index is 1.42. The number of morpholine rings is 1. The van der Waals surface area contributed by atoms with Crippen LogP contribution in [0.5, 0.6) is 0 Å². The predicted molar refractivity (Wildman–Crippen MR) is 109 cm³/mol. The third-order valence-corrected chi connectivity index (χ3v) is 6.87. The summed E-state index contributed by atoms with van der Waals surface area (Å²) in [6.07, 6.45) is 4.21. The molecule has 2 unspecified atom stereocenters. The first kappa shape index (κ1) is 19.4. The van der Waals surface area contributed by atoms with Crippen molar-refractivity contribution in [2.75, 3.05) is 39.4 Å². The van der Waals surface area contributed by atoms with Crippen LogP contribution in [0.15, 0.2) is 24.3 Å². The molecule has 27 heavy (non-hydrogen) atoms. The van der Waals surface area contributed by atoms with Crippen LogP contribution < -0.4 is 0 Å². The Bertz CT molecular complexity index is 622. The van der Waals surface area contributed by atoms with E-state index < -0.39 is 5.60 Å². The van der Waals surface area contributed by atoms with Crippen LogP contribution in [0.1, 0.15) is 50.7 Å². The van der Waals surface area contributed by atoms with Crippen LogP contribution in [0.2, 0.25) is 0 Å². The number of piperidine rings is 1. The molecule has 3 fully saturated rings. The summed E-state index contributed by atoms with van der Waals surface area (Å²) >= 11 is 0. The molecule has 1 aromatic carbocycles. The molecule has 3 aliphatic rings. The predicted octanol–water partition coefficient (Wildman–Crippen LogP) is 3.17. The minimum absolute atomic E-state index is 0.261. The summed E-state index contributed by atoms with van der Waals surface area (Å²) in [5.41, 5.74) is 1.98. The highest BCUT2D eigenvalue weighted by atomic mass is 16.5. The normalized spacial score (nSPS) is 32.7. The van der Waals surface area contributed by atoms with E-state index >= 15 is 0 Å². The maximum atomic E-state index is 11.4. The zero-order valence-electron chi connectivity index (χ0n) is 17.3. The minimum Gasteiger partial charge on any atom is -0.385 e. The van der Waals surface area contributed by atoms with E-state index in [0.29, 0.717) is 12.1 Å². The molecule has 1 aromatic rings. The van der Waals surface area contributed by atoms with Crippen LogP contribution in [-0.4, -0.2) is 66.4 Å². The zero-order chi connectivity index (χ0) is 19.1. The fourth-order valence-corrected chi connectivity index (χ4v) is 5.58. The molecule has 0 amide bonds. The van der Waals surface area contributed by atoms with Gasteiger partial charge in [-0.1, -0.05) is 43.7 Å². The first-order valence-corrected chi connectivity index (χ1v) is 10.7. The monoisotopic (exact) mass is 372 g/mol. The van der Waals surface area contributed by atoms with Gasteiger partial charge in [0.25, 0.3) is 0 Å². The number of fused-ring (bicyclic) bond motifs is 2. The van der Waals surface area contributed by atoms with Gasteiger partial charge >= 0.3 is 0 Å². The quantitative estimate of drug-likeness (QED) is 0.861. The summed E-state index contributed by atoms with van der Waals surface area (Å²) < 4.78 is 5.50. The number of rotatable bonds is 5. The topological polar surface area (TPSA) is 35.9 Å². The zero-order valence-corrected chi connectivity index (χ0v) is 17.3. The van der Waals surface area contributed by atoms with E-state index in [1.54, 1.807) is 0 Å². The molecule has 4 nitrogen and oxygen atoms in total. The number of hydrogen-bond donors (Lipinski definition) is 1. The fourth-order valence-electron chi connectivity index (χ4n) is 5.58. The highest BCUT2D eigenvalue weighted by Crippen LogP contribution is 2.46. The van der Waals surface area contributed by atoms with E-state index in [-0.39, 0.29) is 5.41 Å². The molecular formula is C23H36N2O2. The second-order valence-corrected chi connectivity index (χ2v) is 9.92. The number of hydrogen-bond acceptors (Lipinski definition) is 4. The summed E-state index contributed by atoms with van der Waals surface area (Å²) in [6.45, 7) is 13.0. The summed E-state index contributed by atoms with van der Waals surface area (Å²) in [7, 11) is 0. The van der Waals surface area contributed by atoms with Gasteiger partial charge in [-0.05, 0) is 43.6 Å². The second-order valence-electron chi connectivity index (χ2n) is 9.92. The standard InChI is InChI=1S/C23H36N2O2/c1-18-4-6-19(7-5-18)23(26)14-20-8-9-21(15-23)25(20)17-22(2,3)16-24-10-12-27-13-11-24/h4-7,20-21,26H,8-17H2,1-3H3. The molecule has 1 N–H and O–H groups in total. The van der Waals surface area contributed by atoms with Crippen LogP contribution >= 0.6 is 0 Å². The highest BCUT2D eigenvalue weighted by molar-refractivity contribution is 5.28. The van der Waals surface area contributed by atoms with Gasteiger partial charge in [-0.2, -0.15) is 0 Å². The van der Waals surface area contributed by atoms with Crippen LogP contribution in [0, 0.1) is 12.3 Å². The average molecular weight is 373 g/mol. The Morgan fingerprint density at radius 3 is 2.22 bits per heavy atom. The number of aryl methyl sites for hydroxylation is 1. The van der Waals surface area contributed by atoms with Gasteiger partial charge in [-0.15, -0.1) is 0 Å². The number of benzene rings is 1. The van der Waals surface area contributed by atoms with Crippen molar-refractivity contribution in [3.05, 3.63) is 35.4 Å². The lowest BCUT2D eigenvalue weighted by atomic mass is 9.79. The van der Waals surface area contributed by atoms with Crippen molar-refractivity contribution in [1.29, 1.82) is 0 Å². The van der Waals surface area contributed by atoms with Crippen molar-refractivity contribution in [3.8, 4) is 0 Å². The van der Waals surface area contributed by atoms with Gasteiger partial charge in [0, 0.05) is 38.3 Å². The Labute approximate surface area is 164 Å². The molecular weight excluding hydrogens is 336 g/mol. The van der Waals surface area contributed by atoms with Crippen molar-refractivity contribution in [1.82, 2.24) is 9.80 Å². The van der Waals surface area contributed by atoms with Crippen molar-refractivity contribution in [2.24, 2.45) is 5.41 Å². The Kier molecular flexibility index (Phi) is 5.36. The Morgan fingerprint density at radius 1 is 1.04 bits per heavy atom. The van der Waals surface area contributed by atoms with Gasteiger partial charge in [0.05, 0.1) is 18.8 Å². The van der Waals surface area contributed by atoms with Gasteiger partial charge in [-0.3, -0.25) is 9.80 Å². The van der Waals surface area contributed by atoms with Crippen molar-refractivity contribution >= 4 is 0 Å². The lowest BCUT2D eigenvalue weighted by molar-refractivity contribution is -0.0689.